The van der Waals surface area contributed by atoms with Crippen molar-refractivity contribution in [1.29, 1.82) is 0 Å². The summed E-state index contributed by atoms with van der Waals surface area (Å²) in [5.41, 5.74) is 4.79. The van der Waals surface area contributed by atoms with E-state index in [0.717, 1.165) is 27.8 Å². The fourth-order valence-corrected chi connectivity index (χ4v) is 5.67. The van der Waals surface area contributed by atoms with E-state index in [1.807, 2.05) is 54.6 Å². The second-order valence-electron chi connectivity index (χ2n) is 8.28. The van der Waals surface area contributed by atoms with Gasteiger partial charge in [-0.3, -0.25) is 4.18 Å². The molecule has 1 fully saturated rings. The van der Waals surface area contributed by atoms with Gasteiger partial charge in [-0.05, 0) is 27.8 Å². The number of fused-ring (bicyclic) bond motifs is 3. The minimum absolute atomic E-state index is 0.0307. The highest BCUT2D eigenvalue weighted by Crippen LogP contribution is 2.44. The van der Waals surface area contributed by atoms with Crippen LogP contribution < -0.4 is 0 Å². The van der Waals surface area contributed by atoms with Crippen LogP contribution in [0.25, 0.3) is 11.1 Å². The van der Waals surface area contributed by atoms with Crippen molar-refractivity contribution in [3.8, 4) is 11.1 Å². The van der Waals surface area contributed by atoms with Gasteiger partial charge in [-0.1, -0.05) is 78.9 Å². The fraction of sp³-hybridized carbons (Fsp3) is 0.231. The third kappa shape index (κ3) is 4.52. The number of rotatable bonds is 5. The molecule has 1 saturated heterocycles. The smallest absolute Gasteiger partial charge is 0.426 e. The lowest BCUT2D eigenvalue weighted by molar-refractivity contribution is -0.150. The van der Waals surface area contributed by atoms with Crippen molar-refractivity contribution in [2.45, 2.75) is 25.0 Å². The van der Waals surface area contributed by atoms with E-state index in [1.165, 1.54) is 0 Å². The molecule has 3 aromatic rings. The molecule has 8 nitrogen and oxygen atoms in total. The molecule has 1 aliphatic carbocycles. The van der Waals surface area contributed by atoms with Crippen LogP contribution in [0, 0.1) is 0 Å². The number of esters is 1. The van der Waals surface area contributed by atoms with Crippen molar-refractivity contribution < 1.29 is 31.7 Å². The van der Waals surface area contributed by atoms with Gasteiger partial charge in [-0.2, -0.15) is 12.7 Å². The highest BCUT2D eigenvalue weighted by molar-refractivity contribution is 7.85. The monoisotopic (exact) mass is 493 g/mol. The Morgan fingerprint density at radius 1 is 0.857 bits per heavy atom. The maximum absolute atomic E-state index is 13.0. The maximum Gasteiger partial charge on any atom is 0.426 e. The van der Waals surface area contributed by atoms with Crippen LogP contribution in [0.15, 0.2) is 78.9 Å². The first-order valence-electron chi connectivity index (χ1n) is 11.2. The summed E-state index contributed by atoms with van der Waals surface area (Å²) in [4.78, 5) is 25.8. The SMILES string of the molecule is O=C(OCc1ccccc1)C1CCOS(=O)(=O)N1C(=O)OCC1c2ccccc2-c2ccccc21. The Hall–Kier alpha value is -3.69. The number of carbonyl (C=O) groups excluding carboxylic acids is 2. The van der Waals surface area contributed by atoms with Gasteiger partial charge in [0.2, 0.25) is 0 Å². The van der Waals surface area contributed by atoms with E-state index in [2.05, 4.69) is 0 Å². The number of ether oxygens (including phenoxy) is 2. The summed E-state index contributed by atoms with van der Waals surface area (Å²) in [6.07, 6.45) is -1.20. The third-order valence-electron chi connectivity index (χ3n) is 6.16. The third-order valence-corrected chi connectivity index (χ3v) is 7.51. The lowest BCUT2D eigenvalue weighted by Crippen LogP contribution is -2.53. The van der Waals surface area contributed by atoms with Crippen molar-refractivity contribution in [3.63, 3.8) is 0 Å². The summed E-state index contributed by atoms with van der Waals surface area (Å²) in [6, 6.07) is 23.2. The first-order chi connectivity index (χ1) is 17.0. The zero-order chi connectivity index (χ0) is 24.4. The van der Waals surface area contributed by atoms with Crippen LogP contribution in [0.2, 0.25) is 0 Å². The van der Waals surface area contributed by atoms with Crippen LogP contribution in [0.3, 0.4) is 0 Å². The molecule has 1 atom stereocenters. The predicted octanol–water partition coefficient (Wildman–Crippen LogP) is 4.01. The summed E-state index contributed by atoms with van der Waals surface area (Å²) in [5.74, 6) is -1.10. The van der Waals surface area contributed by atoms with Crippen molar-refractivity contribution >= 4 is 22.4 Å². The van der Waals surface area contributed by atoms with Crippen molar-refractivity contribution in [2.24, 2.45) is 0 Å². The van der Waals surface area contributed by atoms with Gasteiger partial charge in [0.05, 0.1) is 6.61 Å². The van der Waals surface area contributed by atoms with Gasteiger partial charge in [0.25, 0.3) is 0 Å². The van der Waals surface area contributed by atoms with Crippen LogP contribution in [-0.2, 0) is 35.4 Å². The molecule has 0 aromatic heterocycles. The van der Waals surface area contributed by atoms with E-state index in [-0.39, 0.29) is 32.2 Å². The summed E-state index contributed by atoms with van der Waals surface area (Å²) in [6.45, 7) is -0.374. The van der Waals surface area contributed by atoms with Crippen LogP contribution in [0.5, 0.6) is 0 Å². The molecule has 2 aliphatic rings. The summed E-state index contributed by atoms with van der Waals surface area (Å²) in [5, 5.41) is 0. The Morgan fingerprint density at radius 3 is 2.11 bits per heavy atom. The number of carbonyl (C=O) groups is 2. The number of hydrogen-bond donors (Lipinski definition) is 0. The lowest BCUT2D eigenvalue weighted by Gasteiger charge is -2.31. The van der Waals surface area contributed by atoms with Gasteiger partial charge in [0, 0.05) is 12.3 Å². The van der Waals surface area contributed by atoms with Crippen molar-refractivity contribution in [3.05, 3.63) is 95.6 Å². The Morgan fingerprint density at radius 2 is 1.46 bits per heavy atom. The maximum atomic E-state index is 13.0. The van der Waals surface area contributed by atoms with E-state index >= 15 is 0 Å². The molecule has 5 rings (SSSR count). The van der Waals surface area contributed by atoms with Gasteiger partial charge in [-0.15, -0.1) is 0 Å². The second kappa shape index (κ2) is 9.52. The average molecular weight is 494 g/mol. The first-order valence-corrected chi connectivity index (χ1v) is 12.6. The largest absolute Gasteiger partial charge is 0.459 e. The van der Waals surface area contributed by atoms with Crippen molar-refractivity contribution in [1.82, 2.24) is 4.31 Å². The van der Waals surface area contributed by atoms with E-state index in [0.29, 0.717) is 4.31 Å². The lowest BCUT2D eigenvalue weighted by atomic mass is 9.98. The topological polar surface area (TPSA) is 99.2 Å². The second-order valence-corrected chi connectivity index (χ2v) is 9.76. The van der Waals surface area contributed by atoms with E-state index < -0.39 is 28.4 Å². The Balaban J connectivity index is 1.33. The number of hydrogen-bond acceptors (Lipinski definition) is 7. The highest BCUT2D eigenvalue weighted by Gasteiger charge is 2.45. The minimum Gasteiger partial charge on any atom is -0.459 e. The van der Waals surface area contributed by atoms with Gasteiger partial charge >= 0.3 is 22.4 Å². The zero-order valence-electron chi connectivity index (χ0n) is 18.7. The molecule has 35 heavy (non-hydrogen) atoms. The molecule has 0 bridgehead atoms. The number of amides is 1. The normalized spacial score (nSPS) is 18.4. The van der Waals surface area contributed by atoms with Gasteiger partial charge in [0.15, 0.2) is 6.04 Å². The molecule has 0 N–H and O–H groups in total. The van der Waals surface area contributed by atoms with E-state index in [9.17, 15) is 18.0 Å². The quantitative estimate of drug-likeness (QED) is 0.495. The van der Waals surface area contributed by atoms with Crippen molar-refractivity contribution in [2.75, 3.05) is 13.2 Å². The minimum atomic E-state index is -4.51. The van der Waals surface area contributed by atoms with Crippen LogP contribution in [0.4, 0.5) is 4.79 Å². The predicted molar refractivity (Wildman–Crippen MR) is 126 cm³/mol. The Bertz CT molecular complexity index is 1310. The molecule has 1 unspecified atom stereocenters. The molecule has 0 spiro atoms. The molecule has 9 heteroatoms. The zero-order valence-corrected chi connectivity index (χ0v) is 19.5. The molecular weight excluding hydrogens is 470 g/mol. The Kier molecular flexibility index (Phi) is 6.27. The number of benzene rings is 3. The molecular formula is C26H23NO7S. The standard InChI is InChI=1S/C26H23NO7S/c28-25(32-16-18-8-2-1-3-9-18)24-14-15-34-35(30,31)27(24)26(29)33-17-23-21-12-6-4-10-19(21)20-11-5-7-13-22(20)23/h1-13,23-24H,14-17H2. The fourth-order valence-electron chi connectivity index (χ4n) is 4.51. The number of nitrogens with zero attached hydrogens (tertiary/aromatic N) is 1. The van der Waals surface area contributed by atoms with Crippen LogP contribution >= 0.6 is 0 Å². The molecule has 0 radical (unpaired) electrons. The van der Waals surface area contributed by atoms with Gasteiger partial charge in [0.1, 0.15) is 13.2 Å². The van der Waals surface area contributed by atoms with Crippen LogP contribution in [0.1, 0.15) is 29.0 Å². The highest BCUT2D eigenvalue weighted by atomic mass is 32.2. The van der Waals surface area contributed by atoms with Crippen LogP contribution in [-0.4, -0.2) is 44.0 Å². The Labute approximate surface area is 203 Å². The summed E-state index contributed by atoms with van der Waals surface area (Å²) in [7, 11) is -4.51. The van der Waals surface area contributed by atoms with E-state index in [1.54, 1.807) is 24.3 Å². The molecule has 3 aromatic carbocycles. The van der Waals surface area contributed by atoms with E-state index in [4.69, 9.17) is 13.7 Å². The molecule has 1 aliphatic heterocycles. The summed E-state index contributed by atoms with van der Waals surface area (Å²) >= 11 is 0. The molecule has 1 amide bonds. The van der Waals surface area contributed by atoms with Gasteiger partial charge < -0.3 is 9.47 Å². The molecule has 0 saturated carbocycles. The molecule has 180 valence electrons. The average Bonchev–Trinajstić information content (AvgIpc) is 3.19. The first kappa shape index (κ1) is 23.1. The van der Waals surface area contributed by atoms with Gasteiger partial charge in [-0.25, -0.2) is 9.59 Å². The summed E-state index contributed by atoms with van der Waals surface area (Å²) < 4.78 is 41.2. The molecule has 1 heterocycles.